The monoisotopic (exact) mass is 277 g/mol. The van der Waals surface area contributed by atoms with Crippen LogP contribution in [0.25, 0.3) is 0 Å². The maximum Gasteiger partial charge on any atom is 0.282 e. The number of carbonyl (C=O) groups excluding carboxylic acids is 1. The van der Waals surface area contributed by atoms with E-state index in [1.165, 1.54) is 12.1 Å². The molecule has 0 aromatic heterocycles. The van der Waals surface area contributed by atoms with Crippen LogP contribution in [0.2, 0.25) is 0 Å². The topological polar surface area (TPSA) is 84.3 Å². The molecule has 1 saturated carbocycles. The number of nitrogens with zero attached hydrogens (tertiary/aromatic N) is 1. The Morgan fingerprint density at radius 1 is 1.45 bits per heavy atom. The number of benzene rings is 1. The van der Waals surface area contributed by atoms with E-state index in [0.717, 1.165) is 25.7 Å². The lowest BCUT2D eigenvalue weighted by atomic mass is 9.74. The summed E-state index contributed by atoms with van der Waals surface area (Å²) in [6.45, 7) is 2.03. The minimum atomic E-state index is -0.520. The second-order valence-electron chi connectivity index (χ2n) is 5.18. The zero-order chi connectivity index (χ0) is 14.8. The van der Waals surface area contributed by atoms with Gasteiger partial charge in [0.15, 0.2) is 0 Å². The summed E-state index contributed by atoms with van der Waals surface area (Å²) in [6.07, 6.45) is 3.81. The van der Waals surface area contributed by atoms with Gasteiger partial charge in [-0.25, -0.2) is 0 Å². The Labute approximate surface area is 117 Å². The minimum Gasteiger partial charge on any atom is -0.388 e. The van der Waals surface area contributed by atoms with E-state index in [4.69, 9.17) is 0 Å². The Balaban J connectivity index is 2.30. The van der Waals surface area contributed by atoms with Crippen molar-refractivity contribution in [1.82, 2.24) is 5.32 Å². The molecule has 6 nitrogen and oxygen atoms in total. The summed E-state index contributed by atoms with van der Waals surface area (Å²) >= 11 is 0. The molecule has 2 rings (SSSR count). The quantitative estimate of drug-likeness (QED) is 0.640. The number of rotatable bonds is 5. The van der Waals surface area contributed by atoms with E-state index in [-0.39, 0.29) is 22.7 Å². The van der Waals surface area contributed by atoms with Crippen molar-refractivity contribution in [3.05, 3.63) is 33.9 Å². The van der Waals surface area contributed by atoms with Gasteiger partial charge in [0.05, 0.1) is 4.92 Å². The van der Waals surface area contributed by atoms with Crippen LogP contribution in [0.5, 0.6) is 0 Å². The molecule has 1 amide bonds. The third-order valence-corrected chi connectivity index (χ3v) is 4.09. The molecule has 1 aliphatic carbocycles. The van der Waals surface area contributed by atoms with Crippen LogP contribution in [0, 0.1) is 10.1 Å². The molecule has 1 fully saturated rings. The van der Waals surface area contributed by atoms with Gasteiger partial charge in [-0.05, 0) is 37.8 Å². The van der Waals surface area contributed by atoms with Crippen LogP contribution in [0.3, 0.4) is 0 Å². The van der Waals surface area contributed by atoms with E-state index in [1.54, 1.807) is 13.1 Å². The number of nitro benzene ring substituents is 1. The van der Waals surface area contributed by atoms with Gasteiger partial charge in [0.2, 0.25) is 0 Å². The highest BCUT2D eigenvalue weighted by Gasteiger charge is 2.37. The van der Waals surface area contributed by atoms with Crippen molar-refractivity contribution in [3.8, 4) is 0 Å². The maximum absolute atomic E-state index is 12.4. The Hall–Kier alpha value is -2.11. The van der Waals surface area contributed by atoms with Gasteiger partial charge in [-0.15, -0.1) is 0 Å². The third-order valence-electron chi connectivity index (χ3n) is 4.09. The van der Waals surface area contributed by atoms with Crippen LogP contribution in [0.15, 0.2) is 18.2 Å². The SMILES string of the molecule is CCC1(NC(=O)c2cc(NC)ccc2[N+](=O)[O-])CCC1. The lowest BCUT2D eigenvalue weighted by molar-refractivity contribution is -0.385. The predicted octanol–water partition coefficient (Wildman–Crippen LogP) is 2.70. The molecular weight excluding hydrogens is 258 g/mol. The molecule has 0 saturated heterocycles. The number of amides is 1. The standard InChI is InChI=1S/C14H19N3O3/c1-3-14(7-4-8-14)16-13(18)11-9-10(15-2)5-6-12(11)17(19)20/h5-6,9,15H,3-4,7-8H2,1-2H3,(H,16,18). The first-order valence-corrected chi connectivity index (χ1v) is 6.80. The van der Waals surface area contributed by atoms with Crippen LogP contribution in [-0.4, -0.2) is 23.4 Å². The molecule has 0 unspecified atom stereocenters. The summed E-state index contributed by atoms with van der Waals surface area (Å²) in [5, 5.41) is 16.9. The summed E-state index contributed by atoms with van der Waals surface area (Å²) in [4.78, 5) is 22.9. The summed E-state index contributed by atoms with van der Waals surface area (Å²) < 4.78 is 0. The average molecular weight is 277 g/mol. The minimum absolute atomic E-state index is 0.113. The first-order chi connectivity index (χ1) is 9.51. The largest absolute Gasteiger partial charge is 0.388 e. The molecule has 108 valence electrons. The molecule has 1 aromatic carbocycles. The molecule has 1 aromatic rings. The molecule has 0 aliphatic heterocycles. The van der Waals surface area contributed by atoms with E-state index < -0.39 is 4.92 Å². The molecule has 0 atom stereocenters. The lowest BCUT2D eigenvalue weighted by Crippen LogP contribution is -2.53. The molecule has 0 spiro atoms. The van der Waals surface area contributed by atoms with Gasteiger partial charge in [-0.3, -0.25) is 14.9 Å². The third kappa shape index (κ3) is 2.59. The van der Waals surface area contributed by atoms with E-state index in [9.17, 15) is 14.9 Å². The molecular formula is C14H19N3O3. The summed E-state index contributed by atoms with van der Waals surface area (Å²) in [7, 11) is 1.71. The lowest BCUT2D eigenvalue weighted by Gasteiger charge is -2.42. The zero-order valence-corrected chi connectivity index (χ0v) is 11.7. The molecule has 1 aliphatic rings. The summed E-state index contributed by atoms with van der Waals surface area (Å²) in [6, 6.07) is 4.48. The van der Waals surface area contributed by atoms with E-state index in [2.05, 4.69) is 10.6 Å². The van der Waals surface area contributed by atoms with Gasteiger partial charge >= 0.3 is 0 Å². The molecule has 6 heteroatoms. The van der Waals surface area contributed by atoms with Crippen LogP contribution in [0.1, 0.15) is 43.0 Å². The molecule has 2 N–H and O–H groups in total. The number of hydrogen-bond donors (Lipinski definition) is 2. The Bertz CT molecular complexity index is 533. The average Bonchev–Trinajstić information content (AvgIpc) is 2.41. The van der Waals surface area contributed by atoms with Crippen LogP contribution in [-0.2, 0) is 0 Å². The van der Waals surface area contributed by atoms with E-state index in [1.807, 2.05) is 6.92 Å². The highest BCUT2D eigenvalue weighted by molar-refractivity contribution is 5.99. The van der Waals surface area contributed by atoms with Crippen molar-refractivity contribution < 1.29 is 9.72 Å². The first-order valence-electron chi connectivity index (χ1n) is 6.80. The van der Waals surface area contributed by atoms with Crippen molar-refractivity contribution in [2.24, 2.45) is 0 Å². The fourth-order valence-electron chi connectivity index (χ4n) is 2.51. The van der Waals surface area contributed by atoms with Gasteiger partial charge in [0.1, 0.15) is 5.56 Å². The van der Waals surface area contributed by atoms with Crippen molar-refractivity contribution in [1.29, 1.82) is 0 Å². The summed E-state index contributed by atoms with van der Waals surface area (Å²) in [5.41, 5.74) is 0.453. The Kier molecular flexibility index (Phi) is 3.92. The number of nitrogens with one attached hydrogen (secondary N) is 2. The highest BCUT2D eigenvalue weighted by atomic mass is 16.6. The number of anilines is 1. The van der Waals surface area contributed by atoms with Gasteiger partial charge in [-0.2, -0.15) is 0 Å². The normalized spacial score (nSPS) is 16.1. The number of nitro groups is 1. The van der Waals surface area contributed by atoms with Crippen molar-refractivity contribution >= 4 is 17.3 Å². The molecule has 20 heavy (non-hydrogen) atoms. The number of hydrogen-bond acceptors (Lipinski definition) is 4. The highest BCUT2D eigenvalue weighted by Crippen LogP contribution is 2.35. The Morgan fingerprint density at radius 3 is 2.60 bits per heavy atom. The van der Waals surface area contributed by atoms with Crippen molar-refractivity contribution in [2.45, 2.75) is 38.1 Å². The van der Waals surface area contributed by atoms with E-state index in [0.29, 0.717) is 5.69 Å². The van der Waals surface area contributed by atoms with Crippen LogP contribution >= 0.6 is 0 Å². The molecule has 0 heterocycles. The second kappa shape index (κ2) is 5.48. The van der Waals surface area contributed by atoms with Crippen molar-refractivity contribution in [3.63, 3.8) is 0 Å². The molecule has 0 bridgehead atoms. The van der Waals surface area contributed by atoms with Gasteiger partial charge in [-0.1, -0.05) is 6.92 Å². The van der Waals surface area contributed by atoms with Crippen LogP contribution < -0.4 is 10.6 Å². The van der Waals surface area contributed by atoms with E-state index >= 15 is 0 Å². The first kappa shape index (κ1) is 14.3. The van der Waals surface area contributed by atoms with Gasteiger partial charge < -0.3 is 10.6 Å². The van der Waals surface area contributed by atoms with Gasteiger partial charge in [0.25, 0.3) is 11.6 Å². The maximum atomic E-state index is 12.4. The fourth-order valence-corrected chi connectivity index (χ4v) is 2.51. The van der Waals surface area contributed by atoms with Gasteiger partial charge in [0, 0.05) is 24.3 Å². The zero-order valence-electron chi connectivity index (χ0n) is 11.7. The summed E-state index contributed by atoms with van der Waals surface area (Å²) in [5.74, 6) is -0.365. The number of carbonyl (C=O) groups is 1. The Morgan fingerprint density at radius 2 is 2.15 bits per heavy atom. The smallest absolute Gasteiger partial charge is 0.282 e. The van der Waals surface area contributed by atoms with Crippen LogP contribution in [0.4, 0.5) is 11.4 Å². The second-order valence-corrected chi connectivity index (χ2v) is 5.18. The van der Waals surface area contributed by atoms with Crippen molar-refractivity contribution in [2.75, 3.05) is 12.4 Å². The fraction of sp³-hybridized carbons (Fsp3) is 0.500. The molecule has 0 radical (unpaired) electrons. The predicted molar refractivity (Wildman–Crippen MR) is 77.0 cm³/mol.